The molecule has 2 aliphatic carbocycles. The maximum atomic E-state index is 12.8. The first-order chi connectivity index (χ1) is 45.8. The minimum Gasteiger partial charge on any atom is -0.481 e. The normalized spacial score (nSPS) is 25.4. The summed E-state index contributed by atoms with van der Waals surface area (Å²) in [5.41, 5.74) is 9.10. The van der Waals surface area contributed by atoms with Crippen molar-refractivity contribution < 1.29 is 62.9 Å². The van der Waals surface area contributed by atoms with Crippen LogP contribution in [-0.4, -0.2) is 120 Å². The Morgan fingerprint density at radius 1 is 0.547 bits per heavy atom. The molecule has 4 fully saturated rings. The molecular formula is C79H111N3O13. The lowest BCUT2D eigenvalue weighted by atomic mass is 9.85. The van der Waals surface area contributed by atoms with Crippen molar-refractivity contribution in [3.8, 4) is 22.3 Å². The Kier molecular flexibility index (Phi) is 28.4. The van der Waals surface area contributed by atoms with E-state index in [1.807, 2.05) is 66.7 Å². The van der Waals surface area contributed by atoms with E-state index in [0.717, 1.165) is 122 Å². The minimum atomic E-state index is -1.17. The van der Waals surface area contributed by atoms with E-state index in [1.54, 1.807) is 6.92 Å². The Labute approximate surface area is 566 Å². The first-order valence-electron chi connectivity index (χ1n) is 35.8. The number of rotatable bonds is 27. The van der Waals surface area contributed by atoms with Gasteiger partial charge >= 0.3 is 18.2 Å². The van der Waals surface area contributed by atoms with Gasteiger partial charge in [0, 0.05) is 57.2 Å². The number of allylic oxidation sites excluding steroid dienone is 2. The summed E-state index contributed by atoms with van der Waals surface area (Å²) in [6.45, 7) is 22.7. The molecule has 0 saturated carbocycles. The van der Waals surface area contributed by atoms with Crippen LogP contribution in [0, 0.1) is 35.5 Å². The van der Waals surface area contributed by atoms with Crippen molar-refractivity contribution in [2.45, 2.75) is 230 Å². The summed E-state index contributed by atoms with van der Waals surface area (Å²) in [7, 11) is 0. The summed E-state index contributed by atoms with van der Waals surface area (Å²) in [6.07, 6.45) is 22.5. The number of aliphatic hydroxyl groups excluding tert-OH is 2. The Morgan fingerprint density at radius 3 is 1.33 bits per heavy atom. The molecule has 520 valence electrons. The maximum absolute atomic E-state index is 12.8. The van der Waals surface area contributed by atoms with E-state index in [-0.39, 0.29) is 62.0 Å². The first kappa shape index (κ1) is 74.4. The fourth-order valence-electron chi connectivity index (χ4n) is 14.4. The van der Waals surface area contributed by atoms with Crippen molar-refractivity contribution in [1.29, 1.82) is 0 Å². The van der Waals surface area contributed by atoms with Gasteiger partial charge in [0.2, 0.25) is 5.91 Å². The summed E-state index contributed by atoms with van der Waals surface area (Å²) in [5.74, 6) is -1.64. The molecule has 95 heavy (non-hydrogen) atoms. The Bertz CT molecular complexity index is 3030. The molecule has 6 aliphatic rings. The number of benzene rings is 4. The van der Waals surface area contributed by atoms with Gasteiger partial charge in [0.25, 0.3) is 0 Å². The monoisotopic (exact) mass is 1310 g/mol. The van der Waals surface area contributed by atoms with Crippen LogP contribution in [0.3, 0.4) is 0 Å². The lowest BCUT2D eigenvalue weighted by Crippen LogP contribution is -2.50. The number of amides is 3. The van der Waals surface area contributed by atoms with Gasteiger partial charge in [-0.2, -0.15) is 0 Å². The SMILES string of the molecule is C=C[C@@H](C)CC[C@@H]1CCC[C@]2(CCC(C)[C@@H](CCCC)O2)O1.C=C[C@@H](C)CC[C@@H]1CCC[C@]2(CCC(C)[C@@H](CCCNC(=O)[C@@H](C)[C@@H](O)CNC(=O)OCC3c4ccccc4-c4ccccc43)O2)O1.C[C@H](C(=O)O)[C@@H](O)CNC(=O)OCC1c2ccccc2-c2ccccc21. The largest absolute Gasteiger partial charge is 0.481 e. The lowest BCUT2D eigenvalue weighted by Gasteiger charge is -2.48. The van der Waals surface area contributed by atoms with Gasteiger partial charge in [0.05, 0.1) is 48.5 Å². The van der Waals surface area contributed by atoms with E-state index in [9.17, 15) is 29.4 Å². The van der Waals surface area contributed by atoms with Crippen molar-refractivity contribution in [2.24, 2.45) is 35.5 Å². The molecule has 2 unspecified atom stereocenters. The zero-order valence-corrected chi connectivity index (χ0v) is 57.8. The van der Waals surface area contributed by atoms with Crippen molar-refractivity contribution >= 4 is 24.1 Å². The molecule has 4 aromatic carbocycles. The van der Waals surface area contributed by atoms with Crippen LogP contribution < -0.4 is 16.0 Å². The molecule has 4 aliphatic heterocycles. The minimum absolute atomic E-state index is 0.0428. The Morgan fingerprint density at radius 2 is 0.937 bits per heavy atom. The van der Waals surface area contributed by atoms with Crippen LogP contribution >= 0.6 is 0 Å². The van der Waals surface area contributed by atoms with E-state index < -0.39 is 48.0 Å². The number of aliphatic carboxylic acids is 1. The van der Waals surface area contributed by atoms with Gasteiger partial charge in [0.15, 0.2) is 11.6 Å². The van der Waals surface area contributed by atoms with E-state index >= 15 is 0 Å². The summed E-state index contributed by atoms with van der Waals surface area (Å²) in [4.78, 5) is 48.1. The molecule has 2 spiro atoms. The molecule has 3 amide bonds. The molecule has 14 atom stereocenters. The first-order valence-corrected chi connectivity index (χ1v) is 35.8. The fourth-order valence-corrected chi connectivity index (χ4v) is 14.4. The van der Waals surface area contributed by atoms with Crippen LogP contribution in [0.5, 0.6) is 0 Å². The quantitative estimate of drug-likeness (QED) is 0.0242. The average Bonchev–Trinajstić information content (AvgIpc) is 1.70. The zero-order valence-electron chi connectivity index (χ0n) is 57.8. The van der Waals surface area contributed by atoms with Crippen LogP contribution in [-0.2, 0) is 38.0 Å². The number of ether oxygens (including phenoxy) is 6. The molecule has 4 aromatic rings. The number of hydrogen-bond acceptors (Lipinski definition) is 12. The molecule has 0 radical (unpaired) electrons. The topological polar surface area (TPSA) is 220 Å². The summed E-state index contributed by atoms with van der Waals surface area (Å²) >= 11 is 0. The van der Waals surface area contributed by atoms with Crippen LogP contribution in [0.25, 0.3) is 22.3 Å². The van der Waals surface area contributed by atoms with Gasteiger partial charge in [-0.25, -0.2) is 9.59 Å². The third kappa shape index (κ3) is 20.6. The molecule has 4 heterocycles. The molecule has 16 heteroatoms. The molecule has 4 saturated heterocycles. The average molecular weight is 1310 g/mol. The molecule has 0 aromatic heterocycles. The zero-order chi connectivity index (χ0) is 68.1. The summed E-state index contributed by atoms with van der Waals surface area (Å²) in [5, 5.41) is 37.2. The number of carbonyl (C=O) groups is 4. The summed E-state index contributed by atoms with van der Waals surface area (Å²) < 4.78 is 37.2. The van der Waals surface area contributed by atoms with Crippen LogP contribution in [0.1, 0.15) is 205 Å². The van der Waals surface area contributed by atoms with Crippen molar-refractivity contribution in [3.05, 3.63) is 145 Å². The second-order valence-corrected chi connectivity index (χ2v) is 28.0. The van der Waals surface area contributed by atoms with E-state index in [1.165, 1.54) is 51.9 Å². The van der Waals surface area contributed by atoms with Gasteiger partial charge in [-0.05, 0) is 159 Å². The van der Waals surface area contributed by atoms with E-state index in [4.69, 9.17) is 33.5 Å². The second-order valence-electron chi connectivity index (χ2n) is 28.0. The summed E-state index contributed by atoms with van der Waals surface area (Å²) in [6, 6.07) is 32.4. The lowest BCUT2D eigenvalue weighted by molar-refractivity contribution is -0.324. The number of aliphatic hydroxyl groups is 2. The van der Waals surface area contributed by atoms with Crippen molar-refractivity contribution in [1.82, 2.24) is 16.0 Å². The Balaban J connectivity index is 0.000000202. The number of carboxylic acid groups (broad SMARTS) is 1. The fraction of sp³-hybridized carbons (Fsp3) is 0.595. The van der Waals surface area contributed by atoms with Gasteiger partial charge in [-0.15, -0.1) is 13.2 Å². The highest BCUT2D eigenvalue weighted by atomic mass is 16.7. The number of alkyl carbamates (subject to hydrolysis) is 2. The van der Waals surface area contributed by atoms with Crippen molar-refractivity contribution in [2.75, 3.05) is 32.8 Å². The highest BCUT2D eigenvalue weighted by Gasteiger charge is 2.46. The molecule has 6 N–H and O–H groups in total. The number of fused-ring (bicyclic) bond motifs is 6. The third-order valence-corrected chi connectivity index (χ3v) is 20.9. The van der Waals surface area contributed by atoms with Crippen LogP contribution in [0.4, 0.5) is 9.59 Å². The van der Waals surface area contributed by atoms with E-state index in [2.05, 4.69) is 106 Å². The number of nitrogens with one attached hydrogen (secondary N) is 3. The van der Waals surface area contributed by atoms with Crippen LogP contribution in [0.2, 0.25) is 0 Å². The van der Waals surface area contributed by atoms with Crippen LogP contribution in [0.15, 0.2) is 122 Å². The Hall–Kier alpha value is -6.40. The molecule has 0 bridgehead atoms. The predicted octanol–water partition coefficient (Wildman–Crippen LogP) is 15.6. The molecule has 16 nitrogen and oxygen atoms in total. The highest BCUT2D eigenvalue weighted by Crippen LogP contribution is 2.48. The number of unbranched alkanes of at least 4 members (excludes halogenated alkanes) is 1. The van der Waals surface area contributed by atoms with E-state index in [0.29, 0.717) is 42.4 Å². The standard InChI is InChI=1S/C39H54N2O6.C20H21NO5.C20H36O2/c1-5-26(2)18-19-29-12-10-21-39(46-29)22-20-27(3)36(47-39)17-11-23-40-37(43)28(4)35(42)24-41-38(44)45-25-34-32-15-8-6-13-30(32)31-14-7-9-16-33(31)34;1-12(19(23)24)18(22)10-21-20(25)26-11-17-15-8-4-2-6-13(15)14-7-3-5-9-16(14)17;1-5-7-10-19-17(4)13-15-20(22-19)14-8-9-18(21-20)12-11-16(3)6-2/h5-9,13-16,26-29,34-36,42H,1,10-12,17-25H2,2-4H3,(H,40,43)(H,41,44);2-9,12,17-18,22H,10-11H2,1H3,(H,21,25)(H,23,24);6,16-19H,2,5,7-15H2,1,3-4H3/t26-,27?,28+,29+,35+,36-,39+;12-,18-;16-,17?,18+,19-,20+/m101/s1. The molecule has 10 rings (SSSR count). The van der Waals surface area contributed by atoms with Gasteiger partial charge in [-0.3, -0.25) is 9.59 Å². The van der Waals surface area contributed by atoms with Gasteiger partial charge < -0.3 is 59.7 Å². The number of carboxylic acids is 1. The second kappa shape index (κ2) is 36.3. The predicted molar refractivity (Wildman–Crippen MR) is 373 cm³/mol. The van der Waals surface area contributed by atoms with Gasteiger partial charge in [-0.1, -0.05) is 164 Å². The molecular weight excluding hydrogens is 1200 g/mol. The third-order valence-electron chi connectivity index (χ3n) is 20.9. The van der Waals surface area contributed by atoms with Gasteiger partial charge in [0.1, 0.15) is 13.2 Å². The van der Waals surface area contributed by atoms with Crippen molar-refractivity contribution in [3.63, 3.8) is 0 Å². The highest BCUT2D eigenvalue weighted by molar-refractivity contribution is 5.81. The smallest absolute Gasteiger partial charge is 0.407 e. The number of carbonyl (C=O) groups excluding carboxylic acids is 3. The number of hydrogen-bond donors (Lipinski definition) is 6. The maximum Gasteiger partial charge on any atom is 0.407 e.